The van der Waals surface area contributed by atoms with Crippen molar-refractivity contribution >= 4 is 10.9 Å². The Morgan fingerprint density at radius 1 is 1.00 bits per heavy atom. The molecule has 1 fully saturated rings. The monoisotopic (exact) mass is 270 g/mol. The number of aromatic nitrogens is 1. The minimum atomic E-state index is 1.07. The van der Waals surface area contributed by atoms with Gasteiger partial charge in [0.1, 0.15) is 0 Å². The molecule has 3 rings (SSSR count). The normalized spacial score (nSPS) is 17.5. The maximum atomic E-state index is 2.64. The van der Waals surface area contributed by atoms with Gasteiger partial charge in [0.05, 0.1) is 0 Å². The van der Waals surface area contributed by atoms with Crippen LogP contribution in [0.4, 0.5) is 0 Å². The summed E-state index contributed by atoms with van der Waals surface area (Å²) in [6, 6.07) is 9.22. The van der Waals surface area contributed by atoms with Crippen molar-refractivity contribution in [2.45, 2.75) is 52.6 Å². The Bertz CT molecular complexity index is 574. The summed E-state index contributed by atoms with van der Waals surface area (Å²) >= 11 is 0. The van der Waals surface area contributed by atoms with Gasteiger partial charge in [0.25, 0.3) is 0 Å². The Balaban J connectivity index is 1.89. The first-order valence-electron chi connectivity index (χ1n) is 8.09. The van der Waals surface area contributed by atoms with Gasteiger partial charge in [-0.2, -0.15) is 0 Å². The number of hydrogen-bond acceptors (Lipinski definition) is 1. The minimum absolute atomic E-state index is 1.07. The van der Waals surface area contributed by atoms with Crippen molar-refractivity contribution in [3.63, 3.8) is 0 Å². The number of nitrogens with zero attached hydrogens (tertiary/aromatic N) is 2. The lowest BCUT2D eigenvalue weighted by molar-refractivity contribution is 0.270. The third-order valence-corrected chi connectivity index (χ3v) is 4.54. The molecule has 1 aromatic heterocycles. The number of aryl methyl sites for hydroxylation is 2. The summed E-state index contributed by atoms with van der Waals surface area (Å²) in [7, 11) is 0. The SMILES string of the molecule is CCn1c(CN2CCCCCC2)cc2cc(C)ccc21. The van der Waals surface area contributed by atoms with E-state index in [1.165, 1.54) is 60.9 Å². The fourth-order valence-corrected chi connectivity index (χ4v) is 3.48. The lowest BCUT2D eigenvalue weighted by Crippen LogP contribution is -2.25. The number of benzene rings is 1. The summed E-state index contributed by atoms with van der Waals surface area (Å²) in [5.74, 6) is 0. The van der Waals surface area contributed by atoms with Crippen LogP contribution in [0, 0.1) is 6.92 Å². The van der Waals surface area contributed by atoms with Crippen molar-refractivity contribution in [3.05, 3.63) is 35.5 Å². The molecule has 1 aromatic carbocycles. The van der Waals surface area contributed by atoms with Crippen LogP contribution in [0.1, 0.15) is 43.9 Å². The van der Waals surface area contributed by atoms with Crippen LogP contribution in [0.2, 0.25) is 0 Å². The molecule has 0 saturated carbocycles. The molecule has 20 heavy (non-hydrogen) atoms. The zero-order valence-corrected chi connectivity index (χ0v) is 12.9. The molecule has 0 amide bonds. The van der Waals surface area contributed by atoms with Crippen molar-refractivity contribution in [1.82, 2.24) is 9.47 Å². The van der Waals surface area contributed by atoms with Gasteiger partial charge in [0.2, 0.25) is 0 Å². The van der Waals surface area contributed by atoms with Gasteiger partial charge in [-0.15, -0.1) is 0 Å². The Labute approximate surface area is 122 Å². The highest BCUT2D eigenvalue weighted by Crippen LogP contribution is 2.23. The average Bonchev–Trinajstić information content (AvgIpc) is 2.61. The molecular weight excluding hydrogens is 244 g/mol. The molecule has 1 aliphatic rings. The highest BCUT2D eigenvalue weighted by atomic mass is 15.1. The van der Waals surface area contributed by atoms with Gasteiger partial charge >= 0.3 is 0 Å². The van der Waals surface area contributed by atoms with E-state index < -0.39 is 0 Å². The zero-order valence-electron chi connectivity index (χ0n) is 12.9. The predicted molar refractivity (Wildman–Crippen MR) is 86.1 cm³/mol. The van der Waals surface area contributed by atoms with E-state index in [4.69, 9.17) is 0 Å². The Morgan fingerprint density at radius 3 is 2.45 bits per heavy atom. The van der Waals surface area contributed by atoms with Crippen molar-refractivity contribution < 1.29 is 0 Å². The summed E-state index contributed by atoms with van der Waals surface area (Å²) < 4.78 is 2.49. The van der Waals surface area contributed by atoms with E-state index in [1.54, 1.807) is 0 Å². The van der Waals surface area contributed by atoms with Gasteiger partial charge in [-0.05, 0) is 58.0 Å². The predicted octanol–water partition coefficient (Wildman–Crippen LogP) is 4.35. The van der Waals surface area contributed by atoms with Crippen LogP contribution in [-0.2, 0) is 13.1 Å². The quantitative estimate of drug-likeness (QED) is 0.805. The number of likely N-dealkylation sites (tertiary alicyclic amines) is 1. The number of hydrogen-bond donors (Lipinski definition) is 0. The van der Waals surface area contributed by atoms with E-state index >= 15 is 0 Å². The molecule has 0 atom stereocenters. The van der Waals surface area contributed by atoms with Crippen molar-refractivity contribution in [3.8, 4) is 0 Å². The largest absolute Gasteiger partial charge is 0.344 e. The van der Waals surface area contributed by atoms with Crippen molar-refractivity contribution in [2.24, 2.45) is 0 Å². The van der Waals surface area contributed by atoms with Crippen molar-refractivity contribution in [2.75, 3.05) is 13.1 Å². The molecule has 0 aliphatic carbocycles. The zero-order chi connectivity index (χ0) is 13.9. The first-order chi connectivity index (χ1) is 9.78. The van der Waals surface area contributed by atoms with Gasteiger partial charge in [-0.25, -0.2) is 0 Å². The minimum Gasteiger partial charge on any atom is -0.344 e. The molecule has 2 aromatic rings. The van der Waals surface area contributed by atoms with Crippen LogP contribution in [0.3, 0.4) is 0 Å². The summed E-state index contributed by atoms with van der Waals surface area (Å²) in [5, 5.41) is 1.40. The lowest BCUT2D eigenvalue weighted by atomic mass is 10.2. The molecule has 0 radical (unpaired) electrons. The standard InChI is InChI=1S/C18H26N2/c1-3-20-17(14-19-10-6-4-5-7-11-19)13-16-12-15(2)8-9-18(16)20/h8-9,12-13H,3-7,10-11,14H2,1-2H3. The molecule has 2 nitrogen and oxygen atoms in total. The highest BCUT2D eigenvalue weighted by molar-refractivity contribution is 5.82. The molecule has 1 saturated heterocycles. The number of fused-ring (bicyclic) bond motifs is 1. The Kier molecular flexibility index (Phi) is 4.11. The second-order valence-corrected chi connectivity index (χ2v) is 6.13. The maximum Gasteiger partial charge on any atom is 0.0483 e. The van der Waals surface area contributed by atoms with E-state index in [-0.39, 0.29) is 0 Å². The van der Waals surface area contributed by atoms with Gasteiger partial charge in [-0.3, -0.25) is 4.90 Å². The first-order valence-corrected chi connectivity index (χ1v) is 8.09. The maximum absolute atomic E-state index is 2.64. The van der Waals surface area contributed by atoms with Crippen LogP contribution >= 0.6 is 0 Å². The van der Waals surface area contributed by atoms with Crippen LogP contribution in [0.5, 0.6) is 0 Å². The molecular formula is C18H26N2. The lowest BCUT2D eigenvalue weighted by Gasteiger charge is -2.20. The van der Waals surface area contributed by atoms with Gasteiger partial charge < -0.3 is 4.57 Å². The fraction of sp³-hybridized carbons (Fsp3) is 0.556. The summed E-state index contributed by atoms with van der Waals surface area (Å²) in [5.41, 5.74) is 4.23. The van der Waals surface area contributed by atoms with E-state index in [0.717, 1.165) is 13.1 Å². The molecule has 2 heteroatoms. The molecule has 1 aliphatic heterocycles. The first kappa shape index (κ1) is 13.7. The Morgan fingerprint density at radius 2 is 1.75 bits per heavy atom. The van der Waals surface area contributed by atoms with E-state index in [0.29, 0.717) is 0 Å². The molecule has 0 N–H and O–H groups in total. The summed E-state index contributed by atoms with van der Waals surface area (Å²) in [6.07, 6.45) is 5.55. The smallest absolute Gasteiger partial charge is 0.0483 e. The summed E-state index contributed by atoms with van der Waals surface area (Å²) in [4.78, 5) is 2.64. The molecule has 108 valence electrons. The third kappa shape index (κ3) is 2.76. The second kappa shape index (κ2) is 6.01. The third-order valence-electron chi connectivity index (χ3n) is 4.54. The molecule has 0 unspecified atom stereocenters. The molecule has 2 heterocycles. The van der Waals surface area contributed by atoms with Gasteiger partial charge in [0.15, 0.2) is 0 Å². The van der Waals surface area contributed by atoms with Crippen LogP contribution in [0.25, 0.3) is 10.9 Å². The topological polar surface area (TPSA) is 8.17 Å². The van der Waals surface area contributed by atoms with Crippen LogP contribution < -0.4 is 0 Å². The molecule has 0 bridgehead atoms. The van der Waals surface area contributed by atoms with E-state index in [2.05, 4.69) is 47.6 Å². The van der Waals surface area contributed by atoms with Crippen molar-refractivity contribution in [1.29, 1.82) is 0 Å². The Hall–Kier alpha value is -1.28. The van der Waals surface area contributed by atoms with Gasteiger partial charge in [0, 0.05) is 29.7 Å². The summed E-state index contributed by atoms with van der Waals surface area (Å²) in [6.45, 7) is 9.15. The highest BCUT2D eigenvalue weighted by Gasteiger charge is 2.13. The van der Waals surface area contributed by atoms with Gasteiger partial charge in [-0.1, -0.05) is 24.5 Å². The van der Waals surface area contributed by atoms with E-state index in [9.17, 15) is 0 Å². The molecule has 0 spiro atoms. The average molecular weight is 270 g/mol. The van der Waals surface area contributed by atoms with E-state index in [1.807, 2.05) is 0 Å². The van der Waals surface area contributed by atoms with Crippen LogP contribution in [-0.4, -0.2) is 22.6 Å². The fourth-order valence-electron chi connectivity index (χ4n) is 3.48. The number of rotatable bonds is 3. The second-order valence-electron chi connectivity index (χ2n) is 6.13. The van der Waals surface area contributed by atoms with Crippen LogP contribution in [0.15, 0.2) is 24.3 Å².